The molecule has 4 heteroatoms. The molecule has 0 bridgehead atoms. The standard InChI is InChI=1S/C13H9BrN2O/c14-12-6-5-10(7-15-12)16-8-9-3-1-2-4-11(9)13(16)17/h1-7H,8H2. The average Bonchev–Trinajstić information content (AvgIpc) is 2.69. The highest BCUT2D eigenvalue weighted by atomic mass is 79.9. The molecule has 1 aliphatic rings. The summed E-state index contributed by atoms with van der Waals surface area (Å²) in [6, 6.07) is 11.4. The molecule has 2 heterocycles. The molecule has 2 aromatic rings. The number of hydrogen-bond donors (Lipinski definition) is 0. The summed E-state index contributed by atoms with van der Waals surface area (Å²) in [5.74, 6) is 0.0460. The molecule has 1 aromatic heterocycles. The van der Waals surface area contributed by atoms with E-state index in [1.165, 1.54) is 0 Å². The maximum Gasteiger partial charge on any atom is 0.258 e. The summed E-state index contributed by atoms with van der Waals surface area (Å²) in [5.41, 5.74) is 2.69. The van der Waals surface area contributed by atoms with Crippen LogP contribution in [0.5, 0.6) is 0 Å². The van der Waals surface area contributed by atoms with Gasteiger partial charge in [0.05, 0.1) is 18.4 Å². The lowest BCUT2D eigenvalue weighted by Crippen LogP contribution is -2.22. The van der Waals surface area contributed by atoms with Crippen molar-refractivity contribution >= 4 is 27.5 Å². The van der Waals surface area contributed by atoms with Gasteiger partial charge >= 0.3 is 0 Å². The molecule has 3 nitrogen and oxygen atoms in total. The van der Waals surface area contributed by atoms with Gasteiger partial charge in [0.1, 0.15) is 4.60 Å². The van der Waals surface area contributed by atoms with Crippen LogP contribution in [0.25, 0.3) is 0 Å². The van der Waals surface area contributed by atoms with Crippen molar-refractivity contribution in [1.29, 1.82) is 0 Å². The molecule has 0 radical (unpaired) electrons. The first kappa shape index (κ1) is 10.5. The van der Waals surface area contributed by atoms with E-state index in [0.717, 1.165) is 21.4 Å². The van der Waals surface area contributed by atoms with Gasteiger partial charge in [-0.25, -0.2) is 4.98 Å². The second kappa shape index (κ2) is 3.96. The van der Waals surface area contributed by atoms with Crippen molar-refractivity contribution in [3.63, 3.8) is 0 Å². The summed E-state index contributed by atoms with van der Waals surface area (Å²) in [6.45, 7) is 0.623. The van der Waals surface area contributed by atoms with E-state index in [1.807, 2.05) is 36.4 Å². The third-order valence-electron chi connectivity index (χ3n) is 2.84. The van der Waals surface area contributed by atoms with Crippen molar-refractivity contribution in [3.8, 4) is 0 Å². The molecule has 3 rings (SSSR count). The number of aromatic nitrogens is 1. The minimum absolute atomic E-state index is 0.0460. The minimum atomic E-state index is 0.0460. The molecular formula is C13H9BrN2O. The summed E-state index contributed by atoms with van der Waals surface area (Å²) in [4.78, 5) is 18.1. The number of pyridine rings is 1. The Balaban J connectivity index is 1.99. The average molecular weight is 289 g/mol. The minimum Gasteiger partial charge on any atom is -0.302 e. The SMILES string of the molecule is O=C1c2ccccc2CN1c1ccc(Br)nc1. The van der Waals surface area contributed by atoms with Crippen molar-refractivity contribution in [2.75, 3.05) is 4.90 Å². The molecule has 0 N–H and O–H groups in total. The highest BCUT2D eigenvalue weighted by Crippen LogP contribution is 2.27. The Kier molecular flexibility index (Phi) is 2.44. The Morgan fingerprint density at radius 1 is 1.18 bits per heavy atom. The van der Waals surface area contributed by atoms with Crippen LogP contribution >= 0.6 is 15.9 Å². The maximum atomic E-state index is 12.2. The quantitative estimate of drug-likeness (QED) is 0.756. The van der Waals surface area contributed by atoms with Gasteiger partial charge in [-0.2, -0.15) is 0 Å². The van der Waals surface area contributed by atoms with E-state index >= 15 is 0 Å². The molecule has 1 aromatic carbocycles. The Morgan fingerprint density at radius 3 is 2.71 bits per heavy atom. The number of fused-ring (bicyclic) bond motifs is 1. The number of carbonyl (C=O) groups is 1. The van der Waals surface area contributed by atoms with Gasteiger partial charge in [0.2, 0.25) is 0 Å². The predicted octanol–water partition coefficient (Wildman–Crippen LogP) is 3.00. The fourth-order valence-electron chi connectivity index (χ4n) is 1.99. The third kappa shape index (κ3) is 1.74. The summed E-state index contributed by atoms with van der Waals surface area (Å²) in [7, 11) is 0. The summed E-state index contributed by atoms with van der Waals surface area (Å²) in [6.07, 6.45) is 1.70. The Labute approximate surface area is 107 Å². The Bertz CT molecular complexity index is 580. The number of hydrogen-bond acceptors (Lipinski definition) is 2. The van der Waals surface area contributed by atoms with E-state index < -0.39 is 0 Å². The number of benzene rings is 1. The van der Waals surface area contributed by atoms with Gasteiger partial charge in [0, 0.05) is 5.56 Å². The van der Waals surface area contributed by atoms with Crippen molar-refractivity contribution < 1.29 is 4.79 Å². The lowest BCUT2D eigenvalue weighted by atomic mass is 10.1. The third-order valence-corrected chi connectivity index (χ3v) is 3.31. The zero-order chi connectivity index (χ0) is 11.8. The van der Waals surface area contributed by atoms with Crippen LogP contribution in [0, 0.1) is 0 Å². The van der Waals surface area contributed by atoms with Crippen molar-refractivity contribution in [3.05, 3.63) is 58.3 Å². The van der Waals surface area contributed by atoms with Gasteiger partial charge in [0.25, 0.3) is 5.91 Å². The summed E-state index contributed by atoms with van der Waals surface area (Å²) in [5, 5.41) is 0. The van der Waals surface area contributed by atoms with Crippen LogP contribution in [0.3, 0.4) is 0 Å². The lowest BCUT2D eigenvalue weighted by molar-refractivity contribution is 0.0996. The second-order valence-electron chi connectivity index (χ2n) is 3.89. The molecule has 0 atom stereocenters. The molecule has 1 amide bonds. The first-order valence-corrected chi connectivity index (χ1v) is 6.06. The molecule has 0 saturated heterocycles. The maximum absolute atomic E-state index is 12.2. The number of rotatable bonds is 1. The smallest absolute Gasteiger partial charge is 0.258 e. The first-order valence-electron chi connectivity index (χ1n) is 5.27. The summed E-state index contributed by atoms with van der Waals surface area (Å²) < 4.78 is 0.769. The fraction of sp³-hybridized carbons (Fsp3) is 0.0769. The number of amides is 1. The van der Waals surface area contributed by atoms with E-state index in [2.05, 4.69) is 20.9 Å². The van der Waals surface area contributed by atoms with Gasteiger partial charge in [0.15, 0.2) is 0 Å². The highest BCUT2D eigenvalue weighted by Gasteiger charge is 2.27. The molecule has 1 aliphatic heterocycles. The lowest BCUT2D eigenvalue weighted by Gasteiger charge is -2.14. The number of nitrogens with zero attached hydrogens (tertiary/aromatic N) is 2. The van der Waals surface area contributed by atoms with E-state index in [4.69, 9.17) is 0 Å². The monoisotopic (exact) mass is 288 g/mol. The van der Waals surface area contributed by atoms with Crippen molar-refractivity contribution in [2.45, 2.75) is 6.54 Å². The molecule has 0 spiro atoms. The van der Waals surface area contributed by atoms with E-state index in [9.17, 15) is 4.79 Å². The van der Waals surface area contributed by atoms with Crippen LogP contribution < -0.4 is 4.90 Å². The summed E-state index contributed by atoms with van der Waals surface area (Å²) >= 11 is 3.28. The van der Waals surface area contributed by atoms with Gasteiger partial charge < -0.3 is 4.90 Å². The van der Waals surface area contributed by atoms with Gasteiger partial charge in [-0.05, 0) is 39.7 Å². The zero-order valence-electron chi connectivity index (χ0n) is 8.93. The fourth-order valence-corrected chi connectivity index (χ4v) is 2.23. The van der Waals surface area contributed by atoms with E-state index in [0.29, 0.717) is 6.54 Å². The predicted molar refractivity (Wildman–Crippen MR) is 68.9 cm³/mol. The van der Waals surface area contributed by atoms with Crippen LogP contribution in [-0.2, 0) is 6.54 Å². The van der Waals surface area contributed by atoms with Gasteiger partial charge in [-0.3, -0.25) is 4.79 Å². The molecule has 0 saturated carbocycles. The highest BCUT2D eigenvalue weighted by molar-refractivity contribution is 9.10. The van der Waals surface area contributed by atoms with Crippen molar-refractivity contribution in [2.24, 2.45) is 0 Å². The van der Waals surface area contributed by atoms with Crippen LogP contribution in [0.2, 0.25) is 0 Å². The largest absolute Gasteiger partial charge is 0.302 e. The molecule has 84 valence electrons. The van der Waals surface area contributed by atoms with Crippen LogP contribution in [0.1, 0.15) is 15.9 Å². The molecule has 0 fully saturated rings. The molecular weight excluding hydrogens is 280 g/mol. The van der Waals surface area contributed by atoms with Gasteiger partial charge in [-0.1, -0.05) is 18.2 Å². The van der Waals surface area contributed by atoms with Crippen LogP contribution in [0.15, 0.2) is 47.2 Å². The second-order valence-corrected chi connectivity index (χ2v) is 4.70. The zero-order valence-corrected chi connectivity index (χ0v) is 10.5. The van der Waals surface area contributed by atoms with Crippen LogP contribution in [0.4, 0.5) is 5.69 Å². The number of halogens is 1. The Morgan fingerprint density at radius 2 is 2.00 bits per heavy atom. The molecule has 0 aliphatic carbocycles. The number of carbonyl (C=O) groups excluding carboxylic acids is 1. The molecule has 17 heavy (non-hydrogen) atoms. The number of anilines is 1. The van der Waals surface area contributed by atoms with Crippen LogP contribution in [-0.4, -0.2) is 10.9 Å². The first-order chi connectivity index (χ1) is 8.25. The van der Waals surface area contributed by atoms with E-state index in [-0.39, 0.29) is 5.91 Å². The van der Waals surface area contributed by atoms with Gasteiger partial charge in [-0.15, -0.1) is 0 Å². The Hall–Kier alpha value is -1.68. The van der Waals surface area contributed by atoms with E-state index in [1.54, 1.807) is 11.1 Å². The van der Waals surface area contributed by atoms with Crippen molar-refractivity contribution in [1.82, 2.24) is 4.98 Å². The topological polar surface area (TPSA) is 33.2 Å². The normalized spacial score (nSPS) is 13.9. The molecule has 0 unspecified atom stereocenters.